The molecule has 2 aliphatic rings. The third kappa shape index (κ3) is 2.79. The fourth-order valence-corrected chi connectivity index (χ4v) is 4.33. The largest absolute Gasteiger partial charge is 0.615 e. The zero-order chi connectivity index (χ0) is 13.9. The van der Waals surface area contributed by atoms with Gasteiger partial charge in [-0.1, -0.05) is 18.2 Å². The van der Waals surface area contributed by atoms with Gasteiger partial charge in [-0.05, 0) is 30.1 Å². The summed E-state index contributed by atoms with van der Waals surface area (Å²) >= 11 is -1.17. The van der Waals surface area contributed by atoms with Crippen LogP contribution in [0.5, 0.6) is 5.75 Å². The lowest BCUT2D eigenvalue weighted by Gasteiger charge is -2.28. The van der Waals surface area contributed by atoms with Gasteiger partial charge in [-0.2, -0.15) is 0 Å². The molecule has 0 saturated carbocycles. The molecule has 0 N–H and O–H groups in total. The third-order valence-corrected chi connectivity index (χ3v) is 5.60. The van der Waals surface area contributed by atoms with Crippen molar-refractivity contribution in [3.05, 3.63) is 29.8 Å². The normalized spacial score (nSPS) is 23.1. The number of hydrogen-bond acceptors (Lipinski definition) is 3. The molecule has 2 atom stereocenters. The first-order valence-corrected chi connectivity index (χ1v) is 8.50. The van der Waals surface area contributed by atoms with E-state index in [1.54, 1.807) is 0 Å². The fourth-order valence-electron chi connectivity index (χ4n) is 2.86. The Kier molecular flexibility index (Phi) is 4.17. The number of ether oxygens (including phenoxy) is 1. The van der Waals surface area contributed by atoms with E-state index in [1.165, 1.54) is 0 Å². The first kappa shape index (κ1) is 13.8. The Hall–Kier alpha value is -1.20. The van der Waals surface area contributed by atoms with Gasteiger partial charge in [0.25, 0.3) is 5.91 Å². The van der Waals surface area contributed by atoms with Crippen LogP contribution in [0.4, 0.5) is 0 Å². The molecule has 1 fully saturated rings. The van der Waals surface area contributed by atoms with Crippen LogP contribution in [-0.2, 0) is 16.0 Å². The van der Waals surface area contributed by atoms with Gasteiger partial charge in [0.05, 0.1) is 6.61 Å². The van der Waals surface area contributed by atoms with E-state index < -0.39 is 11.2 Å². The van der Waals surface area contributed by atoms with Crippen LogP contribution in [0.15, 0.2) is 24.3 Å². The summed E-state index contributed by atoms with van der Waals surface area (Å²) in [7, 11) is 0. The lowest BCUT2D eigenvalue weighted by molar-refractivity contribution is -0.127. The van der Waals surface area contributed by atoms with E-state index in [1.807, 2.05) is 29.2 Å². The van der Waals surface area contributed by atoms with Crippen LogP contribution in [0.25, 0.3) is 0 Å². The number of benzene rings is 1. The van der Waals surface area contributed by atoms with Gasteiger partial charge >= 0.3 is 0 Å². The Morgan fingerprint density at radius 3 is 2.90 bits per heavy atom. The molecular weight excluding hydrogens is 274 g/mol. The molecule has 1 aromatic carbocycles. The smallest absolute Gasteiger partial charge is 0.272 e. The topological polar surface area (TPSA) is 52.6 Å². The first-order chi connectivity index (χ1) is 9.75. The maximum absolute atomic E-state index is 12.5. The molecule has 4 nitrogen and oxygen atoms in total. The SMILES string of the molecule is O=C(C[S+]([O-])C1CCOc2ccccc21)N1CCCC1. The van der Waals surface area contributed by atoms with Crippen LogP contribution in [0.2, 0.25) is 0 Å². The molecule has 1 aromatic rings. The lowest BCUT2D eigenvalue weighted by atomic mass is 10.1. The summed E-state index contributed by atoms with van der Waals surface area (Å²) < 4.78 is 18.1. The van der Waals surface area contributed by atoms with Crippen LogP contribution < -0.4 is 4.74 Å². The minimum Gasteiger partial charge on any atom is -0.615 e. The van der Waals surface area contributed by atoms with Crippen LogP contribution in [0.3, 0.4) is 0 Å². The first-order valence-electron chi connectivity index (χ1n) is 7.12. The summed E-state index contributed by atoms with van der Waals surface area (Å²) in [6.45, 7) is 2.21. The second-order valence-corrected chi connectivity index (χ2v) is 6.90. The molecule has 1 saturated heterocycles. The van der Waals surface area contributed by atoms with Crippen LogP contribution in [0, 0.1) is 0 Å². The fraction of sp³-hybridized carbons (Fsp3) is 0.533. The Balaban J connectivity index is 1.68. The Morgan fingerprint density at radius 2 is 2.10 bits per heavy atom. The molecule has 20 heavy (non-hydrogen) atoms. The predicted molar refractivity (Wildman–Crippen MR) is 78.1 cm³/mol. The molecule has 0 bridgehead atoms. The molecule has 2 unspecified atom stereocenters. The molecule has 0 aliphatic carbocycles. The average Bonchev–Trinajstić information content (AvgIpc) is 3.01. The summed E-state index contributed by atoms with van der Waals surface area (Å²) in [5, 5.41) is -0.0773. The second-order valence-electron chi connectivity index (χ2n) is 5.28. The Morgan fingerprint density at radius 1 is 1.35 bits per heavy atom. The van der Waals surface area contributed by atoms with Gasteiger partial charge in [0.2, 0.25) is 0 Å². The van der Waals surface area contributed by atoms with E-state index in [0.717, 1.165) is 43.7 Å². The molecule has 1 amide bonds. The van der Waals surface area contributed by atoms with E-state index in [-0.39, 0.29) is 16.9 Å². The molecule has 3 rings (SSSR count). The molecule has 0 spiro atoms. The number of amides is 1. The van der Waals surface area contributed by atoms with Crippen molar-refractivity contribution in [3.63, 3.8) is 0 Å². The number of para-hydroxylation sites is 1. The average molecular weight is 293 g/mol. The predicted octanol–water partition coefficient (Wildman–Crippen LogP) is 1.88. The molecule has 108 valence electrons. The van der Waals surface area contributed by atoms with Gasteiger partial charge in [0, 0.05) is 25.1 Å². The van der Waals surface area contributed by atoms with Gasteiger partial charge in [-0.3, -0.25) is 4.79 Å². The number of rotatable bonds is 3. The maximum Gasteiger partial charge on any atom is 0.272 e. The standard InChI is InChI=1S/C15H19NO3S/c17-15(16-8-3-4-9-16)11-20(18)14-7-10-19-13-6-2-1-5-12(13)14/h1-2,5-6,14H,3-4,7-11H2. The minimum absolute atomic E-state index is 0.0322. The number of hydrogen-bond donors (Lipinski definition) is 0. The van der Waals surface area contributed by atoms with Gasteiger partial charge in [0.1, 0.15) is 11.0 Å². The van der Waals surface area contributed by atoms with Gasteiger partial charge in [-0.15, -0.1) is 0 Å². The highest BCUT2D eigenvalue weighted by molar-refractivity contribution is 7.92. The van der Waals surface area contributed by atoms with Crippen molar-refractivity contribution in [2.24, 2.45) is 0 Å². The monoisotopic (exact) mass is 293 g/mol. The van der Waals surface area contributed by atoms with Crippen molar-refractivity contribution in [2.45, 2.75) is 24.5 Å². The molecule has 0 radical (unpaired) electrons. The highest BCUT2D eigenvalue weighted by atomic mass is 32.2. The summed E-state index contributed by atoms with van der Waals surface area (Å²) in [4.78, 5) is 13.9. The van der Waals surface area contributed by atoms with Crippen molar-refractivity contribution < 1.29 is 14.1 Å². The van der Waals surface area contributed by atoms with Crippen molar-refractivity contribution in [1.29, 1.82) is 0 Å². The van der Waals surface area contributed by atoms with Gasteiger partial charge in [0.15, 0.2) is 5.75 Å². The number of likely N-dealkylation sites (tertiary alicyclic amines) is 1. The molecular formula is C15H19NO3S. The van der Waals surface area contributed by atoms with Crippen molar-refractivity contribution >= 4 is 17.1 Å². The summed E-state index contributed by atoms with van der Waals surface area (Å²) in [5.74, 6) is 0.981. The van der Waals surface area contributed by atoms with Crippen molar-refractivity contribution in [3.8, 4) is 5.75 Å². The zero-order valence-electron chi connectivity index (χ0n) is 11.4. The van der Waals surface area contributed by atoms with E-state index in [0.29, 0.717) is 6.61 Å². The summed E-state index contributed by atoms with van der Waals surface area (Å²) in [6.07, 6.45) is 2.86. The molecule has 0 aromatic heterocycles. The summed E-state index contributed by atoms with van der Waals surface area (Å²) in [5.41, 5.74) is 0.978. The molecule has 5 heteroatoms. The molecule has 2 aliphatic heterocycles. The Bertz CT molecular complexity index is 488. The maximum atomic E-state index is 12.5. The van der Waals surface area contributed by atoms with E-state index in [2.05, 4.69) is 0 Å². The van der Waals surface area contributed by atoms with Gasteiger partial charge in [-0.25, -0.2) is 0 Å². The number of nitrogens with zero attached hydrogens (tertiary/aromatic N) is 1. The second kappa shape index (κ2) is 6.06. The number of carbonyl (C=O) groups excluding carboxylic acids is 1. The summed E-state index contributed by atoms with van der Waals surface area (Å²) in [6, 6.07) is 7.71. The highest BCUT2D eigenvalue weighted by Crippen LogP contribution is 2.37. The van der Waals surface area contributed by atoms with Crippen LogP contribution in [-0.4, -0.2) is 40.8 Å². The van der Waals surface area contributed by atoms with Crippen molar-refractivity contribution in [2.75, 3.05) is 25.4 Å². The number of carbonyl (C=O) groups is 1. The quantitative estimate of drug-likeness (QED) is 0.800. The minimum atomic E-state index is -1.17. The van der Waals surface area contributed by atoms with E-state index >= 15 is 0 Å². The van der Waals surface area contributed by atoms with Crippen LogP contribution >= 0.6 is 0 Å². The van der Waals surface area contributed by atoms with E-state index in [4.69, 9.17) is 4.74 Å². The Labute approximate surface area is 122 Å². The molecule has 2 heterocycles. The van der Waals surface area contributed by atoms with Crippen molar-refractivity contribution in [1.82, 2.24) is 4.90 Å². The highest BCUT2D eigenvalue weighted by Gasteiger charge is 2.33. The lowest BCUT2D eigenvalue weighted by Crippen LogP contribution is -2.35. The third-order valence-electron chi connectivity index (χ3n) is 3.95. The number of fused-ring (bicyclic) bond motifs is 1. The zero-order valence-corrected chi connectivity index (χ0v) is 12.2. The van der Waals surface area contributed by atoms with Gasteiger partial charge < -0.3 is 14.2 Å². The van der Waals surface area contributed by atoms with E-state index in [9.17, 15) is 9.35 Å². The van der Waals surface area contributed by atoms with Crippen LogP contribution in [0.1, 0.15) is 30.1 Å².